The number of carbonyl (C=O) groups is 1. The van der Waals surface area contributed by atoms with Crippen molar-refractivity contribution in [2.45, 2.75) is 33.7 Å². The number of hydrogen-bond acceptors (Lipinski definition) is 3. The largest absolute Gasteiger partial charge is 0.504 e. The molecule has 25 heavy (non-hydrogen) atoms. The van der Waals surface area contributed by atoms with Gasteiger partial charge in [0.1, 0.15) is 6.61 Å². The van der Waals surface area contributed by atoms with E-state index in [0.717, 1.165) is 28.7 Å². The highest BCUT2D eigenvalue weighted by Gasteiger charge is 2.25. The van der Waals surface area contributed by atoms with E-state index in [2.05, 4.69) is 0 Å². The van der Waals surface area contributed by atoms with Gasteiger partial charge < -0.3 is 14.7 Å². The molecule has 1 atom stereocenters. The Morgan fingerprint density at radius 3 is 2.80 bits per heavy atom. The summed E-state index contributed by atoms with van der Waals surface area (Å²) in [5.41, 5.74) is 4.01. The van der Waals surface area contributed by atoms with E-state index in [1.165, 1.54) is 0 Å². The molecule has 0 unspecified atom stereocenters. The first kappa shape index (κ1) is 17.3. The average Bonchev–Trinajstić information content (AvgIpc) is 2.83. The molecule has 0 bridgehead atoms. The van der Waals surface area contributed by atoms with E-state index in [1.807, 2.05) is 56.0 Å². The Labute approximate surface area is 149 Å². The van der Waals surface area contributed by atoms with Crippen LogP contribution in [0.1, 0.15) is 31.4 Å². The number of phenols is 1. The van der Waals surface area contributed by atoms with E-state index in [9.17, 15) is 9.90 Å². The summed E-state index contributed by atoms with van der Waals surface area (Å²) in [6.45, 7) is 7.42. The van der Waals surface area contributed by atoms with E-state index in [0.29, 0.717) is 25.4 Å². The first-order valence-corrected chi connectivity index (χ1v) is 8.84. The summed E-state index contributed by atoms with van der Waals surface area (Å²) in [6, 6.07) is 11.8. The zero-order valence-corrected chi connectivity index (χ0v) is 15.1. The Hall–Kier alpha value is -2.49. The van der Waals surface area contributed by atoms with Crippen LogP contribution in [-0.2, 0) is 11.3 Å². The Balaban J connectivity index is 1.99. The summed E-state index contributed by atoms with van der Waals surface area (Å²) in [7, 11) is 0. The van der Waals surface area contributed by atoms with Gasteiger partial charge in [-0.05, 0) is 42.2 Å². The zero-order chi connectivity index (χ0) is 18.0. The van der Waals surface area contributed by atoms with Gasteiger partial charge in [0, 0.05) is 18.0 Å². The van der Waals surface area contributed by atoms with Crippen molar-refractivity contribution in [3.05, 3.63) is 47.5 Å². The summed E-state index contributed by atoms with van der Waals surface area (Å²) in [5.74, 6) is 0.764. The monoisotopic (exact) mass is 339 g/mol. The molecule has 132 valence electrons. The zero-order valence-electron chi connectivity index (χ0n) is 15.1. The topological polar surface area (TPSA) is 49.8 Å². The van der Waals surface area contributed by atoms with Crippen molar-refractivity contribution in [2.24, 2.45) is 5.92 Å². The van der Waals surface area contributed by atoms with E-state index >= 15 is 0 Å². The predicted octanol–water partition coefficient (Wildman–Crippen LogP) is 4.13. The summed E-state index contributed by atoms with van der Waals surface area (Å²) < 4.78 is 5.75. The number of nitrogens with zero attached hydrogens (tertiary/aromatic N) is 1. The van der Waals surface area contributed by atoms with Gasteiger partial charge in [-0.15, -0.1) is 0 Å². The van der Waals surface area contributed by atoms with Crippen LogP contribution in [0.4, 0.5) is 0 Å². The molecule has 3 rings (SSSR count). The highest BCUT2D eigenvalue weighted by Crippen LogP contribution is 2.38. The fraction of sp³-hybridized carbons (Fsp3) is 0.381. The maximum atomic E-state index is 12.6. The van der Waals surface area contributed by atoms with Gasteiger partial charge in [-0.1, -0.05) is 38.1 Å². The van der Waals surface area contributed by atoms with Crippen molar-refractivity contribution in [3.63, 3.8) is 0 Å². The molecule has 1 aliphatic rings. The number of hydrogen-bond donors (Lipinski definition) is 1. The van der Waals surface area contributed by atoms with Gasteiger partial charge in [-0.2, -0.15) is 0 Å². The number of amides is 1. The van der Waals surface area contributed by atoms with Crippen LogP contribution < -0.4 is 4.74 Å². The summed E-state index contributed by atoms with van der Waals surface area (Å²) >= 11 is 0. The molecule has 1 N–H and O–H groups in total. The third-order valence-corrected chi connectivity index (χ3v) is 4.92. The number of rotatable bonds is 3. The molecule has 1 amide bonds. The third kappa shape index (κ3) is 3.48. The summed E-state index contributed by atoms with van der Waals surface area (Å²) in [5, 5.41) is 10.5. The molecule has 4 nitrogen and oxygen atoms in total. The predicted molar refractivity (Wildman–Crippen MR) is 98.6 cm³/mol. The number of aryl methyl sites for hydroxylation is 1. The third-order valence-electron chi connectivity index (χ3n) is 4.92. The minimum Gasteiger partial charge on any atom is -0.504 e. The van der Waals surface area contributed by atoms with Crippen LogP contribution in [0.15, 0.2) is 36.4 Å². The van der Waals surface area contributed by atoms with Crippen LogP contribution >= 0.6 is 0 Å². The first-order valence-electron chi connectivity index (χ1n) is 8.84. The fourth-order valence-electron chi connectivity index (χ4n) is 3.23. The van der Waals surface area contributed by atoms with Gasteiger partial charge in [0.2, 0.25) is 5.91 Å². The molecule has 0 fully saturated rings. The minimum atomic E-state index is -0.00491. The highest BCUT2D eigenvalue weighted by molar-refractivity contribution is 5.79. The fourth-order valence-corrected chi connectivity index (χ4v) is 3.23. The van der Waals surface area contributed by atoms with Crippen LogP contribution in [0.5, 0.6) is 11.5 Å². The first-order chi connectivity index (χ1) is 12.0. The van der Waals surface area contributed by atoms with Gasteiger partial charge >= 0.3 is 0 Å². The minimum absolute atomic E-state index is 0.00491. The van der Waals surface area contributed by atoms with E-state index < -0.39 is 0 Å². The van der Waals surface area contributed by atoms with Crippen LogP contribution in [-0.4, -0.2) is 29.1 Å². The number of fused-ring (bicyclic) bond motifs is 1. The molecular formula is C21H25NO3. The smallest absolute Gasteiger partial charge is 0.225 e. The van der Waals surface area contributed by atoms with Crippen LogP contribution in [0.2, 0.25) is 0 Å². The molecule has 2 aromatic rings. The highest BCUT2D eigenvalue weighted by atomic mass is 16.5. The maximum Gasteiger partial charge on any atom is 0.225 e. The molecule has 0 aliphatic carbocycles. The second-order valence-electron chi connectivity index (χ2n) is 6.72. The Morgan fingerprint density at radius 2 is 2.08 bits per heavy atom. The summed E-state index contributed by atoms with van der Waals surface area (Å²) in [6.07, 6.45) is 0.817. The molecule has 1 aliphatic heterocycles. The Kier molecular flexibility index (Phi) is 4.98. The van der Waals surface area contributed by atoms with Crippen molar-refractivity contribution < 1.29 is 14.6 Å². The van der Waals surface area contributed by atoms with Crippen molar-refractivity contribution in [3.8, 4) is 22.6 Å². The van der Waals surface area contributed by atoms with Crippen molar-refractivity contribution in [1.82, 2.24) is 4.90 Å². The van der Waals surface area contributed by atoms with E-state index in [4.69, 9.17) is 4.74 Å². The van der Waals surface area contributed by atoms with Crippen LogP contribution in [0.25, 0.3) is 11.1 Å². The van der Waals surface area contributed by atoms with Gasteiger partial charge in [-0.3, -0.25) is 4.79 Å². The van der Waals surface area contributed by atoms with Crippen molar-refractivity contribution in [2.75, 3.05) is 13.2 Å². The molecule has 4 heteroatoms. The molecule has 0 spiro atoms. The molecule has 0 radical (unpaired) electrons. The SMILES string of the molecule is CC[C@@H](C)C(=O)N1CCOc2c(O)cc(-c3ccccc3C)cc2C1. The van der Waals surface area contributed by atoms with Crippen LogP contribution in [0, 0.1) is 12.8 Å². The normalized spacial score (nSPS) is 15.1. The number of benzene rings is 2. The second-order valence-corrected chi connectivity index (χ2v) is 6.72. The lowest BCUT2D eigenvalue weighted by Crippen LogP contribution is -2.36. The molecule has 0 saturated heterocycles. The van der Waals surface area contributed by atoms with Crippen molar-refractivity contribution >= 4 is 5.91 Å². The Morgan fingerprint density at radius 1 is 1.32 bits per heavy atom. The molecule has 0 saturated carbocycles. The average molecular weight is 339 g/mol. The van der Waals surface area contributed by atoms with Crippen LogP contribution in [0.3, 0.4) is 0 Å². The molecule has 0 aromatic heterocycles. The van der Waals surface area contributed by atoms with Crippen molar-refractivity contribution in [1.29, 1.82) is 0 Å². The van der Waals surface area contributed by atoms with E-state index in [1.54, 1.807) is 6.07 Å². The number of phenolic OH excluding ortho intramolecular Hbond substituents is 1. The maximum absolute atomic E-state index is 12.6. The molecule has 2 aromatic carbocycles. The van der Waals surface area contributed by atoms with Gasteiger partial charge in [-0.25, -0.2) is 0 Å². The van der Waals surface area contributed by atoms with E-state index in [-0.39, 0.29) is 17.6 Å². The molecular weight excluding hydrogens is 314 g/mol. The van der Waals surface area contributed by atoms with Gasteiger partial charge in [0.25, 0.3) is 0 Å². The molecule has 1 heterocycles. The lowest BCUT2D eigenvalue weighted by Gasteiger charge is -2.23. The Bertz CT molecular complexity index is 785. The lowest BCUT2D eigenvalue weighted by molar-refractivity contribution is -0.135. The van der Waals surface area contributed by atoms with Gasteiger partial charge in [0.05, 0.1) is 6.54 Å². The summed E-state index contributed by atoms with van der Waals surface area (Å²) in [4.78, 5) is 14.4. The number of carbonyl (C=O) groups excluding carboxylic acids is 1. The van der Waals surface area contributed by atoms with Gasteiger partial charge in [0.15, 0.2) is 11.5 Å². The lowest BCUT2D eigenvalue weighted by atomic mass is 9.97. The second kappa shape index (κ2) is 7.18. The quantitative estimate of drug-likeness (QED) is 0.914. The number of ether oxygens (including phenoxy) is 1. The standard InChI is InChI=1S/C21H25NO3/c1-4-14(2)21(24)22-9-10-25-20-17(13-22)11-16(12-19(20)23)18-8-6-5-7-15(18)3/h5-8,11-12,14,23H,4,9-10,13H2,1-3H3/t14-/m1/s1. The number of aromatic hydroxyl groups is 1.